The van der Waals surface area contributed by atoms with Crippen LogP contribution in [0.15, 0.2) is 0 Å². The van der Waals surface area contributed by atoms with Crippen molar-refractivity contribution >= 4 is 11.9 Å². The zero-order valence-corrected chi connectivity index (χ0v) is 7.20. The molecule has 4 N–H and O–H groups in total. The molecule has 0 aliphatic rings. The third kappa shape index (κ3) is 50.1. The van der Waals surface area contributed by atoms with Gasteiger partial charge in [-0.05, 0) is 0 Å². The molecule has 0 fully saturated rings. The summed E-state index contributed by atoms with van der Waals surface area (Å²) in [6, 6.07) is 0. The van der Waals surface area contributed by atoms with Crippen LogP contribution in [0.1, 0.15) is 0 Å². The third-order valence-electron chi connectivity index (χ3n) is 0.333. The van der Waals surface area contributed by atoms with Crippen LogP contribution in [0.4, 0.5) is 0 Å². The number of carboxylic acids is 2. The first-order chi connectivity index (χ1) is 4.54. The maximum Gasteiger partial charge on any atom is 1.00 e. The zero-order valence-electron chi connectivity index (χ0n) is 7.20. The molecule has 0 aliphatic heterocycles. The van der Waals surface area contributed by atoms with Crippen molar-refractivity contribution in [2.24, 2.45) is 11.5 Å². The molecular weight excluding hydrogens is 154 g/mol. The van der Waals surface area contributed by atoms with Gasteiger partial charge in [0.05, 0.1) is 11.9 Å². The van der Waals surface area contributed by atoms with E-state index in [0.717, 1.165) is 0 Å². The fourth-order valence-electron chi connectivity index (χ4n) is 0. The topological polar surface area (TPSA) is 132 Å². The molecule has 0 atom stereocenters. The van der Waals surface area contributed by atoms with E-state index in [1.165, 1.54) is 0 Å². The van der Waals surface area contributed by atoms with Gasteiger partial charge in [0.15, 0.2) is 0 Å². The quantitative estimate of drug-likeness (QED) is 0.387. The van der Waals surface area contributed by atoms with Crippen molar-refractivity contribution in [3.8, 4) is 0 Å². The SMILES string of the molecule is NCC(=O)[O-].NCC(=O)[O-].[Li+].[Li+]. The monoisotopic (exact) mass is 162 g/mol. The summed E-state index contributed by atoms with van der Waals surface area (Å²) in [5.74, 6) is -2.44. The molecule has 6 nitrogen and oxygen atoms in total. The van der Waals surface area contributed by atoms with Gasteiger partial charge < -0.3 is 31.3 Å². The number of rotatable bonds is 2. The minimum Gasteiger partial charge on any atom is -0.549 e. The van der Waals surface area contributed by atoms with E-state index in [-0.39, 0.29) is 50.8 Å². The predicted octanol–water partition coefficient (Wildman–Crippen LogP) is -10.6. The van der Waals surface area contributed by atoms with E-state index in [1.807, 2.05) is 0 Å². The molecule has 0 saturated heterocycles. The van der Waals surface area contributed by atoms with Gasteiger partial charge in [0.25, 0.3) is 0 Å². The number of nitrogens with two attached hydrogens (primary N) is 2. The van der Waals surface area contributed by atoms with E-state index < -0.39 is 11.9 Å². The average molecular weight is 162 g/mol. The standard InChI is InChI=1S/2C2H5NO2.2Li/c2*3-1-2(4)5;;/h2*1,3H2,(H,4,5);;/q;;2*+1/p-2. The molecule has 0 spiro atoms. The fraction of sp³-hybridized carbons (Fsp3) is 0.500. The van der Waals surface area contributed by atoms with Crippen molar-refractivity contribution in [3.05, 3.63) is 0 Å². The number of carbonyl (C=O) groups excluding carboxylic acids is 2. The molecule has 12 heavy (non-hydrogen) atoms. The first-order valence-electron chi connectivity index (χ1n) is 2.34. The van der Waals surface area contributed by atoms with Gasteiger partial charge in [-0.25, -0.2) is 0 Å². The fourth-order valence-corrected chi connectivity index (χ4v) is 0. The molecule has 0 aromatic heterocycles. The normalized spacial score (nSPS) is 6.17. The van der Waals surface area contributed by atoms with Gasteiger partial charge in [0.1, 0.15) is 0 Å². The number of hydrogen-bond donors (Lipinski definition) is 2. The van der Waals surface area contributed by atoms with E-state index in [4.69, 9.17) is 19.8 Å². The van der Waals surface area contributed by atoms with Crippen LogP contribution in [0, 0.1) is 0 Å². The van der Waals surface area contributed by atoms with Crippen LogP contribution in [0.5, 0.6) is 0 Å². The zero-order chi connectivity index (χ0) is 8.57. The summed E-state index contributed by atoms with van der Waals surface area (Å²) >= 11 is 0. The molecule has 0 saturated carbocycles. The van der Waals surface area contributed by atoms with Gasteiger partial charge >= 0.3 is 37.7 Å². The average Bonchev–Trinajstić information content (AvgIpc) is 1.89. The van der Waals surface area contributed by atoms with Crippen LogP contribution in [0.2, 0.25) is 0 Å². The Morgan fingerprint density at radius 1 is 0.917 bits per heavy atom. The van der Waals surface area contributed by atoms with Crippen molar-refractivity contribution in [2.75, 3.05) is 13.1 Å². The van der Waals surface area contributed by atoms with Crippen molar-refractivity contribution in [2.45, 2.75) is 0 Å². The van der Waals surface area contributed by atoms with Crippen LogP contribution >= 0.6 is 0 Å². The molecule has 0 amide bonds. The van der Waals surface area contributed by atoms with Gasteiger partial charge in [-0.1, -0.05) is 0 Å². The number of aliphatic carboxylic acids is 2. The van der Waals surface area contributed by atoms with Crippen molar-refractivity contribution < 1.29 is 57.5 Å². The summed E-state index contributed by atoms with van der Waals surface area (Å²) in [5.41, 5.74) is 9.02. The molecular formula is C4H8Li2N2O4. The van der Waals surface area contributed by atoms with Crippen LogP contribution in [-0.4, -0.2) is 25.0 Å². The van der Waals surface area contributed by atoms with Gasteiger partial charge in [-0.2, -0.15) is 0 Å². The Morgan fingerprint density at radius 2 is 1.00 bits per heavy atom. The number of hydrogen-bond acceptors (Lipinski definition) is 6. The van der Waals surface area contributed by atoms with E-state index in [2.05, 4.69) is 11.5 Å². The van der Waals surface area contributed by atoms with Crippen LogP contribution < -0.4 is 59.4 Å². The molecule has 0 heterocycles. The van der Waals surface area contributed by atoms with Crippen LogP contribution in [0.3, 0.4) is 0 Å². The van der Waals surface area contributed by atoms with Crippen molar-refractivity contribution in [1.82, 2.24) is 0 Å². The van der Waals surface area contributed by atoms with Crippen molar-refractivity contribution in [3.63, 3.8) is 0 Å². The van der Waals surface area contributed by atoms with Gasteiger partial charge in [0.2, 0.25) is 0 Å². The molecule has 0 unspecified atom stereocenters. The Balaban J connectivity index is -0.0000000457. The second-order valence-electron chi connectivity index (χ2n) is 1.15. The summed E-state index contributed by atoms with van der Waals surface area (Å²) in [6.07, 6.45) is 0. The Labute approximate surface area is 94.0 Å². The van der Waals surface area contributed by atoms with Crippen LogP contribution in [-0.2, 0) is 9.59 Å². The summed E-state index contributed by atoms with van der Waals surface area (Å²) in [7, 11) is 0. The maximum atomic E-state index is 9.13. The van der Waals surface area contributed by atoms with Gasteiger partial charge in [0, 0.05) is 13.1 Å². The Kier molecular flexibility index (Phi) is 32.6. The molecule has 8 heteroatoms. The minimum absolute atomic E-state index is 0. The van der Waals surface area contributed by atoms with Crippen LogP contribution in [0.25, 0.3) is 0 Å². The summed E-state index contributed by atoms with van der Waals surface area (Å²) in [6.45, 7) is -0.778. The molecule has 0 aromatic carbocycles. The summed E-state index contributed by atoms with van der Waals surface area (Å²) < 4.78 is 0. The molecule has 60 valence electrons. The first-order valence-corrected chi connectivity index (χ1v) is 2.34. The van der Waals surface area contributed by atoms with E-state index in [9.17, 15) is 0 Å². The second kappa shape index (κ2) is 17.2. The largest absolute Gasteiger partial charge is 1.00 e. The second-order valence-corrected chi connectivity index (χ2v) is 1.15. The Bertz CT molecular complexity index is 108. The summed E-state index contributed by atoms with van der Waals surface area (Å²) in [5, 5.41) is 18.3. The van der Waals surface area contributed by atoms with Gasteiger partial charge in [-0.3, -0.25) is 0 Å². The first kappa shape index (κ1) is 22.7. The molecule has 0 rings (SSSR count). The van der Waals surface area contributed by atoms with Crippen molar-refractivity contribution in [1.29, 1.82) is 0 Å². The molecule has 0 bridgehead atoms. The van der Waals surface area contributed by atoms with Gasteiger partial charge in [-0.15, -0.1) is 0 Å². The third-order valence-corrected chi connectivity index (χ3v) is 0.333. The number of carbonyl (C=O) groups is 2. The molecule has 0 aliphatic carbocycles. The van der Waals surface area contributed by atoms with E-state index in [1.54, 1.807) is 0 Å². The smallest absolute Gasteiger partial charge is 0.549 e. The Hall–Kier alpha value is 0.0548. The van der Waals surface area contributed by atoms with E-state index >= 15 is 0 Å². The maximum absolute atomic E-state index is 9.13. The molecule has 0 radical (unpaired) electrons. The predicted molar refractivity (Wildman–Crippen MR) is 28.1 cm³/mol. The molecule has 0 aromatic rings. The number of carboxylic acid groups (broad SMARTS) is 2. The van der Waals surface area contributed by atoms with E-state index in [0.29, 0.717) is 0 Å². The Morgan fingerprint density at radius 3 is 1.00 bits per heavy atom. The summed E-state index contributed by atoms with van der Waals surface area (Å²) in [4.78, 5) is 18.3. The minimum atomic E-state index is -1.22.